The highest BCUT2D eigenvalue weighted by molar-refractivity contribution is 5.87. The van der Waals surface area contributed by atoms with E-state index < -0.39 is 0 Å². The van der Waals surface area contributed by atoms with Crippen LogP contribution in [0.3, 0.4) is 0 Å². The summed E-state index contributed by atoms with van der Waals surface area (Å²) in [5.41, 5.74) is 8.71. The van der Waals surface area contributed by atoms with Crippen molar-refractivity contribution in [2.24, 2.45) is 35.9 Å². The average Bonchev–Trinajstić information content (AvgIpc) is 3.16. The Morgan fingerprint density at radius 2 is 0.902 bits per heavy atom. The second-order valence-electron chi connectivity index (χ2n) is 12.6. The van der Waals surface area contributed by atoms with Crippen LogP contribution in [0.5, 0.6) is 0 Å². The number of hydrogen-bond donors (Lipinski definition) is 0. The van der Waals surface area contributed by atoms with E-state index in [0.717, 1.165) is 126 Å². The molecule has 1 aliphatic carbocycles. The van der Waals surface area contributed by atoms with Crippen LogP contribution in [0, 0.1) is 5.92 Å². The molecule has 0 aromatic heterocycles. The first kappa shape index (κ1) is 39.4. The molecule has 0 saturated carbocycles. The third-order valence-corrected chi connectivity index (χ3v) is 8.84. The zero-order valence-electron chi connectivity index (χ0n) is 31.0. The lowest BCUT2D eigenvalue weighted by Crippen LogP contribution is -2.29. The van der Waals surface area contributed by atoms with Gasteiger partial charge >= 0.3 is 0 Å². The Morgan fingerprint density at radius 1 is 0.529 bits per heavy atom. The van der Waals surface area contributed by atoms with E-state index in [1.54, 1.807) is 0 Å². The van der Waals surface area contributed by atoms with E-state index >= 15 is 0 Å². The highest BCUT2D eigenvalue weighted by Crippen LogP contribution is 2.09. The molecule has 6 bridgehead atoms. The van der Waals surface area contributed by atoms with Gasteiger partial charge in [0.1, 0.15) is 0 Å². The molecule has 0 spiro atoms. The van der Waals surface area contributed by atoms with Gasteiger partial charge < -0.3 is 0 Å². The Morgan fingerprint density at radius 3 is 1.29 bits per heavy atom. The summed E-state index contributed by atoms with van der Waals surface area (Å²) in [5, 5.41) is 0. The van der Waals surface area contributed by atoms with Crippen LogP contribution in [0.25, 0.3) is 0 Å². The van der Waals surface area contributed by atoms with Crippen LogP contribution in [-0.2, 0) is 0 Å². The predicted octanol–water partition coefficient (Wildman–Crippen LogP) is 5.45. The van der Waals surface area contributed by atoms with Crippen molar-refractivity contribution in [2.75, 3.05) is 98.2 Å². The highest BCUT2D eigenvalue weighted by atomic mass is 15.1. The van der Waals surface area contributed by atoms with E-state index in [1.807, 2.05) is 43.4 Å². The lowest BCUT2D eigenvalue weighted by molar-refractivity contribution is 0.305. The van der Waals surface area contributed by atoms with Gasteiger partial charge in [-0.15, -0.1) is 5.73 Å². The zero-order chi connectivity index (χ0) is 35.8. The molecule has 2 aliphatic rings. The summed E-state index contributed by atoms with van der Waals surface area (Å²) in [6.45, 7) is 19.5. The van der Waals surface area contributed by atoms with Crippen LogP contribution in [0.1, 0.15) is 43.0 Å². The normalized spacial score (nSPS) is 20.1. The van der Waals surface area contributed by atoms with Crippen molar-refractivity contribution in [1.29, 1.82) is 0 Å². The second-order valence-corrected chi connectivity index (χ2v) is 12.6. The van der Waals surface area contributed by atoms with Gasteiger partial charge in [0.2, 0.25) is 0 Å². The first-order valence-electron chi connectivity index (χ1n) is 18.7. The van der Waals surface area contributed by atoms with Crippen molar-refractivity contribution in [1.82, 2.24) is 14.7 Å². The SMILES string of the molecule is CCN1CCN=CC2=CC(C=C=C2)C=NCCN(CC)CCN=Cc2cccc(c2)C=NCCN(CC)CCN=Cc2cccc(c2)C=NCC1. The molecule has 0 radical (unpaired) electrons. The minimum absolute atomic E-state index is 0.137. The largest absolute Gasteiger partial charge is 0.300 e. The molecule has 1 atom stereocenters. The van der Waals surface area contributed by atoms with E-state index in [2.05, 4.69) is 102 Å². The van der Waals surface area contributed by atoms with Gasteiger partial charge in [0.05, 0.1) is 39.3 Å². The smallest absolute Gasteiger partial charge is 0.0517 e. The van der Waals surface area contributed by atoms with Gasteiger partial charge in [0, 0.05) is 82.5 Å². The van der Waals surface area contributed by atoms with Crippen LogP contribution < -0.4 is 0 Å². The molecule has 9 heteroatoms. The van der Waals surface area contributed by atoms with Gasteiger partial charge in [-0.2, -0.15) is 0 Å². The molecule has 0 fully saturated rings. The average molecular weight is 688 g/mol. The number of likely N-dealkylation sites (N-methyl/N-ethyl adjacent to an activating group) is 3. The minimum atomic E-state index is 0.137. The summed E-state index contributed by atoms with van der Waals surface area (Å²) in [6, 6.07) is 16.8. The molecule has 2 aromatic rings. The van der Waals surface area contributed by atoms with Crippen LogP contribution in [0.4, 0.5) is 0 Å². The van der Waals surface area contributed by atoms with Gasteiger partial charge in [-0.25, -0.2) is 0 Å². The Balaban J connectivity index is 1.38. The van der Waals surface area contributed by atoms with Crippen molar-refractivity contribution in [2.45, 2.75) is 20.8 Å². The van der Waals surface area contributed by atoms with Crippen molar-refractivity contribution in [3.05, 3.63) is 100 Å². The number of aliphatic imine (C=N–C) groups is 6. The maximum Gasteiger partial charge on any atom is 0.0517 e. The number of allylic oxidation sites excluding steroid dienone is 3. The molecule has 2 aromatic carbocycles. The third kappa shape index (κ3) is 16.0. The molecule has 1 aliphatic heterocycles. The quantitative estimate of drug-likeness (QED) is 0.403. The first-order chi connectivity index (χ1) is 25.1. The lowest BCUT2D eigenvalue weighted by atomic mass is 10.0. The Hall–Kier alpha value is -4.40. The fourth-order valence-corrected chi connectivity index (χ4v) is 5.70. The fourth-order valence-electron chi connectivity index (χ4n) is 5.70. The molecule has 0 saturated heterocycles. The van der Waals surface area contributed by atoms with E-state index in [9.17, 15) is 0 Å². The standard InChI is InChI=1S/C42H57N9/c1-4-49-22-16-43-31-37-10-7-12-39(28-37)33-45-18-24-50(5-2)26-20-47-35-41-14-9-15-42(30-41)36-48-21-27-51(6-3)25-19-46-34-40-13-8-11-38(29-40)32-44-17-23-49/h7-8,10-15,28-36,41H,4-6,16-27H2,1-3H3. The van der Waals surface area contributed by atoms with Crippen molar-refractivity contribution in [3.63, 3.8) is 0 Å². The van der Waals surface area contributed by atoms with E-state index in [1.165, 1.54) is 0 Å². The van der Waals surface area contributed by atoms with E-state index in [-0.39, 0.29) is 5.92 Å². The minimum Gasteiger partial charge on any atom is -0.300 e. The topological polar surface area (TPSA) is 83.9 Å². The predicted molar refractivity (Wildman–Crippen MR) is 220 cm³/mol. The fraction of sp³-hybridized carbons (Fsp3) is 0.452. The second kappa shape index (κ2) is 23.9. The van der Waals surface area contributed by atoms with Gasteiger partial charge in [-0.05, 0) is 71.7 Å². The highest BCUT2D eigenvalue weighted by Gasteiger charge is 2.05. The number of rotatable bonds is 3. The lowest BCUT2D eigenvalue weighted by Gasteiger charge is -2.18. The molecular weight excluding hydrogens is 631 g/mol. The summed E-state index contributed by atoms with van der Waals surface area (Å²) in [6.07, 6.45) is 18.1. The van der Waals surface area contributed by atoms with Gasteiger partial charge in [0.25, 0.3) is 0 Å². The van der Waals surface area contributed by atoms with Gasteiger partial charge in [0.15, 0.2) is 0 Å². The van der Waals surface area contributed by atoms with E-state index in [4.69, 9.17) is 30.0 Å². The Labute approximate surface area is 306 Å². The van der Waals surface area contributed by atoms with Crippen LogP contribution in [0.2, 0.25) is 0 Å². The first-order valence-corrected chi connectivity index (χ1v) is 18.7. The van der Waals surface area contributed by atoms with Gasteiger partial charge in [-0.3, -0.25) is 44.7 Å². The molecule has 0 N–H and O–H groups in total. The molecule has 4 rings (SSSR count). The summed E-state index contributed by atoms with van der Waals surface area (Å²) >= 11 is 0. The monoisotopic (exact) mass is 687 g/mol. The summed E-state index contributed by atoms with van der Waals surface area (Å²) in [4.78, 5) is 35.5. The molecular formula is C42H57N9. The summed E-state index contributed by atoms with van der Waals surface area (Å²) in [5.74, 6) is 0.137. The summed E-state index contributed by atoms with van der Waals surface area (Å²) in [7, 11) is 0. The maximum atomic E-state index is 4.73. The maximum absolute atomic E-state index is 4.73. The van der Waals surface area contributed by atoms with Crippen LogP contribution >= 0.6 is 0 Å². The van der Waals surface area contributed by atoms with E-state index in [0.29, 0.717) is 0 Å². The van der Waals surface area contributed by atoms with Crippen molar-refractivity contribution < 1.29 is 0 Å². The third-order valence-electron chi connectivity index (χ3n) is 8.84. The molecule has 1 heterocycles. The molecule has 51 heavy (non-hydrogen) atoms. The Kier molecular flexibility index (Phi) is 18.5. The van der Waals surface area contributed by atoms with Crippen LogP contribution in [0.15, 0.2) is 108 Å². The molecule has 9 nitrogen and oxygen atoms in total. The van der Waals surface area contributed by atoms with Crippen molar-refractivity contribution in [3.8, 4) is 0 Å². The zero-order valence-corrected chi connectivity index (χ0v) is 31.0. The van der Waals surface area contributed by atoms with Crippen LogP contribution in [-0.4, -0.2) is 150 Å². The molecule has 0 amide bonds. The van der Waals surface area contributed by atoms with Crippen molar-refractivity contribution >= 4 is 37.3 Å². The van der Waals surface area contributed by atoms with Gasteiger partial charge in [-0.1, -0.05) is 63.2 Å². The Bertz CT molecular complexity index is 1590. The summed E-state index contributed by atoms with van der Waals surface area (Å²) < 4.78 is 0. The number of nitrogens with zero attached hydrogens (tertiary/aromatic N) is 9. The number of fused-ring (bicyclic) bond motifs is 5. The number of hydrogen-bond acceptors (Lipinski definition) is 9. The number of benzene rings is 2. The molecule has 270 valence electrons. The molecule has 1 unspecified atom stereocenters.